The first-order chi connectivity index (χ1) is 6.70. The number of rotatable bonds is 2. The molecule has 1 aliphatic carbocycles. The van der Waals surface area contributed by atoms with Gasteiger partial charge in [0.05, 0.1) is 6.61 Å². The van der Waals surface area contributed by atoms with E-state index < -0.39 is 18.3 Å². The number of ether oxygens (including phenoxy) is 1. The number of aliphatic hydroxyl groups excluding tert-OH is 2. The van der Waals surface area contributed by atoms with Crippen molar-refractivity contribution in [3.8, 4) is 0 Å². The van der Waals surface area contributed by atoms with Crippen LogP contribution in [0.15, 0.2) is 23.3 Å². The minimum absolute atomic E-state index is 0.137. The lowest BCUT2D eigenvalue weighted by molar-refractivity contribution is -0.116. The lowest BCUT2D eigenvalue weighted by atomic mass is 9.88. The molecule has 0 bridgehead atoms. The van der Waals surface area contributed by atoms with E-state index in [1.807, 2.05) is 0 Å². The van der Waals surface area contributed by atoms with Crippen LogP contribution in [-0.4, -0.2) is 40.9 Å². The number of aliphatic hydroxyl groups is 2. The molecule has 2 rings (SSSR count). The maximum absolute atomic E-state index is 11.6. The predicted molar refractivity (Wildman–Crippen MR) is 48.6 cm³/mol. The molecular weight excluding hydrogens is 184 g/mol. The van der Waals surface area contributed by atoms with Gasteiger partial charge < -0.3 is 14.9 Å². The summed E-state index contributed by atoms with van der Waals surface area (Å²) in [5.41, 5.74) is 0.758. The first kappa shape index (κ1) is 9.58. The maximum atomic E-state index is 11.6. The van der Waals surface area contributed by atoms with Crippen LogP contribution in [0.5, 0.6) is 0 Å². The Labute approximate surface area is 81.5 Å². The van der Waals surface area contributed by atoms with Gasteiger partial charge in [-0.1, -0.05) is 12.2 Å². The summed E-state index contributed by atoms with van der Waals surface area (Å²) in [7, 11) is 0. The highest BCUT2D eigenvalue weighted by Crippen LogP contribution is 2.37. The fourth-order valence-corrected chi connectivity index (χ4v) is 1.78. The molecule has 0 radical (unpaired) electrons. The summed E-state index contributed by atoms with van der Waals surface area (Å²) < 4.78 is 5.02. The molecule has 2 aliphatic rings. The smallest absolute Gasteiger partial charge is 0.194 e. The zero-order chi connectivity index (χ0) is 10.3. The summed E-state index contributed by atoms with van der Waals surface area (Å²) in [6.45, 7) is 1.47. The van der Waals surface area contributed by atoms with E-state index in [4.69, 9.17) is 9.84 Å². The van der Waals surface area contributed by atoms with Crippen LogP contribution in [0, 0.1) is 0 Å². The average Bonchev–Trinajstić information content (AvgIpc) is 2.94. The molecule has 14 heavy (non-hydrogen) atoms. The Morgan fingerprint density at radius 1 is 1.57 bits per heavy atom. The summed E-state index contributed by atoms with van der Waals surface area (Å²) in [6, 6.07) is 0. The largest absolute Gasteiger partial charge is 0.392 e. The van der Waals surface area contributed by atoms with E-state index in [2.05, 4.69) is 0 Å². The lowest BCUT2D eigenvalue weighted by Crippen LogP contribution is -2.32. The first-order valence-electron chi connectivity index (χ1n) is 4.55. The van der Waals surface area contributed by atoms with Crippen molar-refractivity contribution in [1.82, 2.24) is 0 Å². The van der Waals surface area contributed by atoms with Crippen LogP contribution in [0.2, 0.25) is 0 Å². The highest BCUT2D eigenvalue weighted by molar-refractivity contribution is 6.05. The standard InChI is InChI=1S/C10H12O4/c1-2-3-5-6(4-11)8(13)10-9(14-10)7(5)12/h2-3,8-11,13H,4H2,1H3/b3-2+. The van der Waals surface area contributed by atoms with Crippen LogP contribution in [0.4, 0.5) is 0 Å². The van der Waals surface area contributed by atoms with Gasteiger partial charge >= 0.3 is 0 Å². The summed E-state index contributed by atoms with van der Waals surface area (Å²) >= 11 is 0. The molecule has 1 aliphatic heterocycles. The molecule has 2 N–H and O–H groups in total. The Bertz CT molecular complexity index is 329. The second-order valence-corrected chi connectivity index (χ2v) is 3.43. The van der Waals surface area contributed by atoms with Crippen LogP contribution in [0.3, 0.4) is 0 Å². The fourth-order valence-electron chi connectivity index (χ4n) is 1.78. The topological polar surface area (TPSA) is 70.1 Å². The number of Topliss-reactive ketones (excluding diaryl/α,β-unsaturated/α-hetero) is 1. The molecule has 3 atom stereocenters. The van der Waals surface area contributed by atoms with Gasteiger partial charge in [-0.15, -0.1) is 0 Å². The number of epoxide rings is 1. The molecule has 0 amide bonds. The van der Waals surface area contributed by atoms with E-state index in [1.54, 1.807) is 19.1 Å². The van der Waals surface area contributed by atoms with E-state index >= 15 is 0 Å². The van der Waals surface area contributed by atoms with Gasteiger partial charge in [0.2, 0.25) is 0 Å². The second-order valence-electron chi connectivity index (χ2n) is 3.43. The SMILES string of the molecule is C/C=C/C1=C(CO)C(O)C2OC2C1=O. The minimum atomic E-state index is -0.839. The Balaban J connectivity index is 2.41. The quantitative estimate of drug-likeness (QED) is 0.587. The maximum Gasteiger partial charge on any atom is 0.194 e. The molecule has 1 saturated heterocycles. The van der Waals surface area contributed by atoms with Crippen molar-refractivity contribution in [1.29, 1.82) is 0 Å². The van der Waals surface area contributed by atoms with Crippen LogP contribution >= 0.6 is 0 Å². The zero-order valence-electron chi connectivity index (χ0n) is 7.80. The minimum Gasteiger partial charge on any atom is -0.392 e. The summed E-state index contributed by atoms with van der Waals surface area (Å²) in [6.07, 6.45) is 1.55. The Kier molecular flexibility index (Phi) is 2.26. The van der Waals surface area contributed by atoms with Crippen LogP contribution in [0.1, 0.15) is 6.92 Å². The molecular formula is C10H12O4. The van der Waals surface area contributed by atoms with Crippen LogP contribution in [0.25, 0.3) is 0 Å². The zero-order valence-corrected chi connectivity index (χ0v) is 7.80. The number of ketones is 1. The summed E-state index contributed by atoms with van der Waals surface area (Å²) in [5, 5.41) is 18.7. The molecule has 0 aromatic carbocycles. The number of fused-ring (bicyclic) bond motifs is 1. The predicted octanol–water partition coefficient (Wildman–Crippen LogP) is -0.438. The highest BCUT2D eigenvalue weighted by atomic mass is 16.6. The van der Waals surface area contributed by atoms with Crippen molar-refractivity contribution in [3.63, 3.8) is 0 Å². The molecule has 4 nitrogen and oxygen atoms in total. The lowest BCUT2D eigenvalue weighted by Gasteiger charge is -2.17. The normalized spacial score (nSPS) is 36.5. The fraction of sp³-hybridized carbons (Fsp3) is 0.500. The Morgan fingerprint density at radius 2 is 2.29 bits per heavy atom. The third kappa shape index (κ3) is 1.23. The Hall–Kier alpha value is -0.970. The molecule has 0 saturated carbocycles. The number of carbonyl (C=O) groups excluding carboxylic acids is 1. The summed E-state index contributed by atoms with van der Waals surface area (Å²) in [4.78, 5) is 11.6. The van der Waals surface area contributed by atoms with Crippen LogP contribution in [-0.2, 0) is 9.53 Å². The van der Waals surface area contributed by atoms with E-state index in [0.717, 1.165) is 0 Å². The summed E-state index contributed by atoms with van der Waals surface area (Å²) in [5.74, 6) is -0.137. The van der Waals surface area contributed by atoms with E-state index in [-0.39, 0.29) is 12.4 Å². The molecule has 3 unspecified atom stereocenters. The van der Waals surface area contributed by atoms with E-state index in [0.29, 0.717) is 11.1 Å². The van der Waals surface area contributed by atoms with Gasteiger partial charge in [-0.2, -0.15) is 0 Å². The van der Waals surface area contributed by atoms with Crippen molar-refractivity contribution in [3.05, 3.63) is 23.3 Å². The first-order valence-corrected chi connectivity index (χ1v) is 4.55. The van der Waals surface area contributed by atoms with Crippen molar-refractivity contribution in [2.24, 2.45) is 0 Å². The second kappa shape index (κ2) is 3.31. The molecule has 1 heterocycles. The molecule has 76 valence electrons. The Morgan fingerprint density at radius 3 is 2.86 bits per heavy atom. The van der Waals surface area contributed by atoms with Gasteiger partial charge in [-0.05, 0) is 12.5 Å². The van der Waals surface area contributed by atoms with Gasteiger partial charge in [-0.3, -0.25) is 4.79 Å². The number of hydrogen-bond acceptors (Lipinski definition) is 4. The van der Waals surface area contributed by atoms with Gasteiger partial charge in [-0.25, -0.2) is 0 Å². The van der Waals surface area contributed by atoms with Crippen molar-refractivity contribution >= 4 is 5.78 Å². The van der Waals surface area contributed by atoms with Crippen LogP contribution < -0.4 is 0 Å². The molecule has 0 aromatic heterocycles. The number of hydrogen-bond donors (Lipinski definition) is 2. The average molecular weight is 196 g/mol. The molecule has 4 heteroatoms. The number of allylic oxidation sites excluding steroid dienone is 2. The monoisotopic (exact) mass is 196 g/mol. The van der Waals surface area contributed by atoms with Crippen molar-refractivity contribution < 1.29 is 19.7 Å². The van der Waals surface area contributed by atoms with Gasteiger partial charge in [0, 0.05) is 5.57 Å². The van der Waals surface area contributed by atoms with Crippen molar-refractivity contribution in [2.75, 3.05) is 6.61 Å². The van der Waals surface area contributed by atoms with Crippen molar-refractivity contribution in [2.45, 2.75) is 25.2 Å². The van der Waals surface area contributed by atoms with Gasteiger partial charge in [0.1, 0.15) is 18.3 Å². The van der Waals surface area contributed by atoms with Gasteiger partial charge in [0.25, 0.3) is 0 Å². The van der Waals surface area contributed by atoms with E-state index in [9.17, 15) is 9.90 Å². The van der Waals surface area contributed by atoms with E-state index in [1.165, 1.54) is 0 Å². The molecule has 0 spiro atoms. The highest BCUT2D eigenvalue weighted by Gasteiger charge is 2.55. The molecule has 0 aromatic rings. The number of carbonyl (C=O) groups is 1. The van der Waals surface area contributed by atoms with Gasteiger partial charge in [0.15, 0.2) is 5.78 Å². The molecule has 1 fully saturated rings. The third-order valence-corrected chi connectivity index (χ3v) is 2.57. The third-order valence-electron chi connectivity index (χ3n) is 2.57.